The van der Waals surface area contributed by atoms with Crippen LogP contribution in [-0.2, 0) is 4.74 Å². The molecule has 3 aliphatic carbocycles. The van der Waals surface area contributed by atoms with Crippen molar-refractivity contribution >= 4 is 11.5 Å². The van der Waals surface area contributed by atoms with Gasteiger partial charge in [0.2, 0.25) is 0 Å². The molecule has 3 aliphatic rings. The van der Waals surface area contributed by atoms with Crippen molar-refractivity contribution in [3.8, 4) is 0 Å². The molecular weight excluding hydrogens is 248 g/mol. The van der Waals surface area contributed by atoms with E-state index in [1.807, 2.05) is 12.1 Å². The van der Waals surface area contributed by atoms with E-state index in [-0.39, 0.29) is 5.97 Å². The van der Waals surface area contributed by atoms with Crippen molar-refractivity contribution in [1.82, 2.24) is 0 Å². The fraction of sp³-hybridized carbons (Fsp3) is 0.500. The lowest BCUT2D eigenvalue weighted by Crippen LogP contribution is -2.47. The second-order valence-electron chi connectivity index (χ2n) is 6.72. The van der Waals surface area contributed by atoms with Crippen LogP contribution >= 0.6 is 0 Å². The number of carbonyl (C=O) groups is 1. The van der Waals surface area contributed by atoms with Crippen LogP contribution in [0.4, 0.5) is 0 Å². The quantitative estimate of drug-likeness (QED) is 0.752. The molecule has 0 N–H and O–H groups in total. The van der Waals surface area contributed by atoms with Crippen LogP contribution in [0.2, 0.25) is 0 Å². The first kappa shape index (κ1) is 13.4. The van der Waals surface area contributed by atoms with Crippen molar-refractivity contribution in [3.63, 3.8) is 0 Å². The van der Waals surface area contributed by atoms with E-state index in [2.05, 4.69) is 32.9 Å². The van der Waals surface area contributed by atoms with Crippen molar-refractivity contribution in [2.75, 3.05) is 7.11 Å². The highest BCUT2D eigenvalue weighted by Gasteiger charge is 2.51. The van der Waals surface area contributed by atoms with Gasteiger partial charge in [0.05, 0.1) is 12.7 Å². The highest BCUT2D eigenvalue weighted by atomic mass is 16.5. The normalized spacial score (nSPS) is 26.5. The van der Waals surface area contributed by atoms with Gasteiger partial charge in [-0.3, -0.25) is 0 Å². The molecule has 0 spiro atoms. The van der Waals surface area contributed by atoms with E-state index >= 15 is 0 Å². The van der Waals surface area contributed by atoms with E-state index in [9.17, 15) is 4.79 Å². The Morgan fingerprint density at radius 3 is 2.65 bits per heavy atom. The molecule has 106 valence electrons. The lowest BCUT2D eigenvalue weighted by molar-refractivity contribution is 0.0113. The third kappa shape index (κ3) is 1.81. The number of methoxy groups -OCH3 is 1. The molecule has 0 saturated heterocycles. The molecule has 0 aliphatic heterocycles. The maximum Gasteiger partial charge on any atom is 0.337 e. The van der Waals surface area contributed by atoms with Crippen molar-refractivity contribution in [1.29, 1.82) is 0 Å². The van der Waals surface area contributed by atoms with Gasteiger partial charge in [-0.25, -0.2) is 4.79 Å². The van der Waals surface area contributed by atoms with Gasteiger partial charge < -0.3 is 4.74 Å². The molecule has 0 heterocycles. The van der Waals surface area contributed by atoms with Gasteiger partial charge in [0.15, 0.2) is 0 Å². The van der Waals surface area contributed by atoms with E-state index in [1.54, 1.807) is 0 Å². The summed E-state index contributed by atoms with van der Waals surface area (Å²) in [5.74, 6) is 1.26. The number of hydrogen-bond acceptors (Lipinski definition) is 2. The zero-order chi connectivity index (χ0) is 14.5. The van der Waals surface area contributed by atoms with Gasteiger partial charge in [-0.05, 0) is 65.8 Å². The number of aryl methyl sites for hydroxylation is 1. The Morgan fingerprint density at radius 2 is 2.10 bits per heavy atom. The summed E-state index contributed by atoms with van der Waals surface area (Å²) in [7, 11) is 1.42. The van der Waals surface area contributed by atoms with Crippen LogP contribution in [0.5, 0.6) is 0 Å². The average molecular weight is 270 g/mol. The zero-order valence-electron chi connectivity index (χ0n) is 12.7. The van der Waals surface area contributed by atoms with Crippen molar-refractivity contribution in [2.45, 2.75) is 33.6 Å². The van der Waals surface area contributed by atoms with Crippen molar-refractivity contribution in [2.24, 2.45) is 17.3 Å². The molecular formula is C18H22O2. The molecule has 20 heavy (non-hydrogen) atoms. The van der Waals surface area contributed by atoms with E-state index < -0.39 is 0 Å². The van der Waals surface area contributed by atoms with E-state index in [4.69, 9.17) is 4.74 Å². The van der Waals surface area contributed by atoms with Crippen LogP contribution in [0.3, 0.4) is 0 Å². The summed E-state index contributed by atoms with van der Waals surface area (Å²) >= 11 is 0. The highest BCUT2D eigenvalue weighted by Crippen LogP contribution is 2.61. The second kappa shape index (κ2) is 4.47. The number of allylic oxidation sites excluding steroid dienone is 2. The third-order valence-electron chi connectivity index (χ3n) is 5.43. The lowest BCUT2D eigenvalue weighted by Gasteiger charge is -2.56. The first-order chi connectivity index (χ1) is 9.45. The zero-order valence-corrected chi connectivity index (χ0v) is 12.7. The molecule has 2 heteroatoms. The smallest absolute Gasteiger partial charge is 0.337 e. The monoisotopic (exact) mass is 270 g/mol. The Morgan fingerprint density at radius 1 is 1.35 bits per heavy atom. The van der Waals surface area contributed by atoms with E-state index in [0.717, 1.165) is 5.92 Å². The van der Waals surface area contributed by atoms with Gasteiger partial charge in [-0.1, -0.05) is 26.0 Å². The van der Waals surface area contributed by atoms with Crippen LogP contribution in [0.15, 0.2) is 24.3 Å². The minimum Gasteiger partial charge on any atom is -0.465 e. The van der Waals surface area contributed by atoms with Crippen molar-refractivity contribution < 1.29 is 9.53 Å². The summed E-state index contributed by atoms with van der Waals surface area (Å²) in [6.45, 7) is 6.86. The van der Waals surface area contributed by atoms with Gasteiger partial charge in [-0.15, -0.1) is 0 Å². The number of carbonyl (C=O) groups excluding carboxylic acids is 1. The number of esters is 1. The maximum absolute atomic E-state index is 11.6. The Bertz CT molecular complexity index is 595. The number of hydrogen-bond donors (Lipinski definition) is 0. The largest absolute Gasteiger partial charge is 0.465 e. The van der Waals surface area contributed by atoms with Crippen LogP contribution in [0, 0.1) is 24.2 Å². The van der Waals surface area contributed by atoms with Crippen LogP contribution in [-0.4, -0.2) is 13.1 Å². The summed E-state index contributed by atoms with van der Waals surface area (Å²) in [5, 5.41) is 0. The summed E-state index contributed by atoms with van der Waals surface area (Å²) < 4.78 is 4.79. The molecule has 1 aromatic rings. The first-order valence-corrected chi connectivity index (χ1v) is 7.34. The fourth-order valence-corrected chi connectivity index (χ4v) is 3.89. The summed E-state index contributed by atoms with van der Waals surface area (Å²) in [5.41, 5.74) is 5.01. The predicted octanol–water partition coefficient (Wildman–Crippen LogP) is 4.23. The number of benzene rings is 1. The molecule has 2 bridgehead atoms. The predicted molar refractivity (Wildman–Crippen MR) is 80.5 cm³/mol. The Hall–Kier alpha value is -1.57. The van der Waals surface area contributed by atoms with Crippen molar-refractivity contribution in [3.05, 3.63) is 41.0 Å². The van der Waals surface area contributed by atoms with Gasteiger partial charge in [-0.2, -0.15) is 0 Å². The number of fused-ring (bicyclic) bond motifs is 1. The van der Waals surface area contributed by atoms with Gasteiger partial charge in [0.1, 0.15) is 0 Å². The van der Waals surface area contributed by atoms with Gasteiger partial charge >= 0.3 is 5.97 Å². The lowest BCUT2D eigenvalue weighted by atomic mass is 9.48. The molecule has 2 atom stereocenters. The minimum absolute atomic E-state index is 0.263. The maximum atomic E-state index is 11.6. The molecule has 0 radical (unpaired) electrons. The Labute approximate surface area is 120 Å². The molecule has 1 aromatic carbocycles. The third-order valence-corrected chi connectivity index (χ3v) is 5.43. The molecule has 1 fully saturated rings. The number of ether oxygens (including phenoxy) is 1. The molecule has 1 saturated carbocycles. The standard InChI is InChI=1S/C18H22O2/c1-11-9-12(17(19)20-4)5-7-14(11)15-8-6-13-10-16(15)18(13,2)3/h5,7-9,13,16H,6,10H2,1-4H3. The minimum atomic E-state index is -0.263. The molecule has 2 nitrogen and oxygen atoms in total. The molecule has 2 unspecified atom stereocenters. The average Bonchev–Trinajstić information content (AvgIpc) is 2.46. The van der Waals surface area contributed by atoms with Gasteiger partial charge in [0.25, 0.3) is 0 Å². The van der Waals surface area contributed by atoms with E-state index in [1.165, 1.54) is 36.7 Å². The molecule has 4 rings (SSSR count). The van der Waals surface area contributed by atoms with E-state index in [0.29, 0.717) is 16.9 Å². The SMILES string of the molecule is COC(=O)c1ccc(C2=CCC3CC2C3(C)C)c(C)c1. The molecule has 0 amide bonds. The second-order valence-corrected chi connectivity index (χ2v) is 6.72. The molecule has 0 aromatic heterocycles. The summed E-state index contributed by atoms with van der Waals surface area (Å²) in [4.78, 5) is 11.6. The topological polar surface area (TPSA) is 26.3 Å². The van der Waals surface area contributed by atoms with Crippen LogP contribution in [0.25, 0.3) is 5.57 Å². The van der Waals surface area contributed by atoms with Gasteiger partial charge in [0, 0.05) is 0 Å². The fourth-order valence-electron chi connectivity index (χ4n) is 3.89. The Kier molecular flexibility index (Phi) is 3.00. The van der Waals surface area contributed by atoms with Crippen LogP contribution in [0.1, 0.15) is 48.2 Å². The Balaban J connectivity index is 1.96. The summed E-state index contributed by atoms with van der Waals surface area (Å²) in [6.07, 6.45) is 4.91. The number of rotatable bonds is 2. The van der Waals surface area contributed by atoms with Crippen LogP contribution < -0.4 is 0 Å². The first-order valence-electron chi connectivity index (χ1n) is 7.34. The summed E-state index contributed by atoms with van der Waals surface area (Å²) in [6, 6.07) is 5.91. The highest BCUT2D eigenvalue weighted by molar-refractivity contribution is 5.90.